The molecular formula is C19H27ClO2S. The van der Waals surface area contributed by atoms with Gasteiger partial charge in [0.2, 0.25) is 0 Å². The number of ether oxygens (including phenoxy) is 2. The smallest absolute Gasteiger partial charge is 0.161 e. The van der Waals surface area contributed by atoms with Gasteiger partial charge in [0.15, 0.2) is 11.5 Å². The zero-order valence-electron chi connectivity index (χ0n) is 14.4. The van der Waals surface area contributed by atoms with Crippen LogP contribution in [0.3, 0.4) is 0 Å². The van der Waals surface area contributed by atoms with Crippen molar-refractivity contribution in [3.63, 3.8) is 0 Å². The van der Waals surface area contributed by atoms with Crippen molar-refractivity contribution in [1.29, 1.82) is 0 Å². The molecule has 0 radical (unpaired) electrons. The minimum Gasteiger partial charge on any atom is -0.493 e. The molecule has 1 aliphatic carbocycles. The molecule has 0 saturated heterocycles. The fourth-order valence-electron chi connectivity index (χ4n) is 4.28. The topological polar surface area (TPSA) is 18.5 Å². The van der Waals surface area contributed by atoms with Gasteiger partial charge in [0.1, 0.15) is 0 Å². The molecule has 1 aliphatic heterocycles. The first-order chi connectivity index (χ1) is 11.1. The summed E-state index contributed by atoms with van der Waals surface area (Å²) in [5.74, 6) is 3.65. The van der Waals surface area contributed by atoms with E-state index in [-0.39, 0.29) is 4.75 Å². The highest BCUT2D eigenvalue weighted by Gasteiger charge is 2.46. The number of thioether (sulfide) groups is 1. The van der Waals surface area contributed by atoms with Crippen LogP contribution in [0.25, 0.3) is 0 Å². The van der Waals surface area contributed by atoms with Crippen LogP contribution in [0.5, 0.6) is 11.5 Å². The van der Waals surface area contributed by atoms with Crippen LogP contribution in [0.4, 0.5) is 0 Å². The third-order valence-electron chi connectivity index (χ3n) is 5.68. The Hall–Kier alpha value is -0.540. The normalized spacial score (nSPS) is 25.4. The van der Waals surface area contributed by atoms with Crippen LogP contribution in [0.2, 0.25) is 0 Å². The molecule has 0 N–H and O–H groups in total. The third kappa shape index (κ3) is 2.95. The molecule has 1 spiro atoms. The van der Waals surface area contributed by atoms with Crippen molar-refractivity contribution in [2.24, 2.45) is 0 Å². The van der Waals surface area contributed by atoms with E-state index in [9.17, 15) is 0 Å². The zero-order chi connectivity index (χ0) is 16.5. The van der Waals surface area contributed by atoms with Crippen LogP contribution in [-0.2, 0) is 10.2 Å². The Bertz CT molecular complexity index is 569. The standard InChI is InChI=1S/C19H27ClO2S/c1-18(7-6-10-20)14-11-16(21-2)17(22-3)12-15(14)19(13-23-18)8-4-5-9-19/h11-12H,4-10,13H2,1-3H3. The average molecular weight is 355 g/mol. The highest BCUT2D eigenvalue weighted by molar-refractivity contribution is 8.00. The number of methoxy groups -OCH3 is 2. The highest BCUT2D eigenvalue weighted by atomic mass is 35.5. The van der Waals surface area contributed by atoms with E-state index in [1.807, 2.05) is 0 Å². The lowest BCUT2D eigenvalue weighted by atomic mass is 9.74. The fourth-order valence-corrected chi connectivity index (χ4v) is 6.07. The number of halogens is 1. The van der Waals surface area contributed by atoms with E-state index in [0.717, 1.165) is 30.2 Å². The van der Waals surface area contributed by atoms with Crippen molar-refractivity contribution >= 4 is 23.4 Å². The van der Waals surface area contributed by atoms with E-state index in [2.05, 4.69) is 30.8 Å². The van der Waals surface area contributed by atoms with Crippen LogP contribution in [0.1, 0.15) is 56.6 Å². The van der Waals surface area contributed by atoms with Crippen LogP contribution in [0, 0.1) is 0 Å². The van der Waals surface area contributed by atoms with E-state index >= 15 is 0 Å². The average Bonchev–Trinajstić information content (AvgIpc) is 3.06. The van der Waals surface area contributed by atoms with Gasteiger partial charge < -0.3 is 9.47 Å². The van der Waals surface area contributed by atoms with Gasteiger partial charge in [-0.25, -0.2) is 0 Å². The van der Waals surface area contributed by atoms with E-state index in [0.29, 0.717) is 5.41 Å². The van der Waals surface area contributed by atoms with Crippen molar-refractivity contribution in [3.05, 3.63) is 23.3 Å². The zero-order valence-corrected chi connectivity index (χ0v) is 16.0. The van der Waals surface area contributed by atoms with Gasteiger partial charge in [-0.15, -0.1) is 23.4 Å². The molecule has 1 heterocycles. The summed E-state index contributed by atoms with van der Waals surface area (Å²) in [5, 5.41) is 0. The molecule has 0 amide bonds. The number of fused-ring (bicyclic) bond motifs is 2. The Kier molecular flexibility index (Phi) is 5.08. The molecule has 1 fully saturated rings. The molecule has 1 aromatic carbocycles. The van der Waals surface area contributed by atoms with Crippen molar-refractivity contribution in [1.82, 2.24) is 0 Å². The predicted molar refractivity (Wildman–Crippen MR) is 99.5 cm³/mol. The number of benzene rings is 1. The second-order valence-electron chi connectivity index (χ2n) is 7.05. The molecule has 1 unspecified atom stereocenters. The second-order valence-corrected chi connectivity index (χ2v) is 8.91. The Labute approximate surface area is 149 Å². The molecule has 3 rings (SSSR count). The van der Waals surface area contributed by atoms with Gasteiger partial charge in [-0.05, 0) is 55.9 Å². The summed E-state index contributed by atoms with van der Waals surface area (Å²) in [7, 11) is 3.46. The molecule has 2 nitrogen and oxygen atoms in total. The van der Waals surface area contributed by atoms with E-state index in [1.54, 1.807) is 14.2 Å². The fraction of sp³-hybridized carbons (Fsp3) is 0.684. The number of alkyl halides is 1. The minimum atomic E-state index is 0.123. The van der Waals surface area contributed by atoms with E-state index in [4.69, 9.17) is 21.1 Å². The van der Waals surface area contributed by atoms with Gasteiger partial charge in [-0.1, -0.05) is 12.8 Å². The maximum atomic E-state index is 5.98. The molecule has 1 atom stereocenters. The quantitative estimate of drug-likeness (QED) is 0.651. The lowest BCUT2D eigenvalue weighted by molar-refractivity contribution is 0.350. The van der Waals surface area contributed by atoms with E-state index in [1.165, 1.54) is 42.6 Å². The van der Waals surface area contributed by atoms with Gasteiger partial charge in [0.25, 0.3) is 0 Å². The Morgan fingerprint density at radius 1 is 1.09 bits per heavy atom. The highest BCUT2D eigenvalue weighted by Crippen LogP contribution is 2.58. The van der Waals surface area contributed by atoms with Gasteiger partial charge in [-0.2, -0.15) is 0 Å². The van der Waals surface area contributed by atoms with Crippen LogP contribution in [-0.4, -0.2) is 25.9 Å². The summed E-state index contributed by atoms with van der Waals surface area (Å²) >= 11 is 8.10. The first-order valence-electron chi connectivity index (χ1n) is 8.55. The Morgan fingerprint density at radius 3 is 2.26 bits per heavy atom. The van der Waals surface area contributed by atoms with Gasteiger partial charge in [0, 0.05) is 21.8 Å². The monoisotopic (exact) mass is 354 g/mol. The summed E-state index contributed by atoms with van der Waals surface area (Å²) in [4.78, 5) is 0. The van der Waals surface area contributed by atoms with Gasteiger partial charge >= 0.3 is 0 Å². The maximum absolute atomic E-state index is 5.98. The lowest BCUT2D eigenvalue weighted by Crippen LogP contribution is -2.37. The van der Waals surface area contributed by atoms with Gasteiger partial charge in [0.05, 0.1) is 14.2 Å². The third-order valence-corrected chi connectivity index (χ3v) is 7.71. The molecule has 0 bridgehead atoms. The largest absolute Gasteiger partial charge is 0.493 e. The Balaban J connectivity index is 2.13. The summed E-state index contributed by atoms with van der Waals surface area (Å²) in [5.41, 5.74) is 3.28. The van der Waals surface area contributed by atoms with Gasteiger partial charge in [-0.3, -0.25) is 0 Å². The molecular weight excluding hydrogens is 328 g/mol. The number of hydrogen-bond donors (Lipinski definition) is 0. The second kappa shape index (κ2) is 6.76. The number of rotatable bonds is 5. The van der Waals surface area contributed by atoms with Crippen molar-refractivity contribution in [2.75, 3.05) is 25.9 Å². The molecule has 0 aromatic heterocycles. The minimum absolute atomic E-state index is 0.123. The predicted octanol–water partition coefficient (Wildman–Crippen LogP) is 5.50. The first-order valence-corrected chi connectivity index (χ1v) is 10.1. The summed E-state index contributed by atoms with van der Waals surface area (Å²) < 4.78 is 11.3. The van der Waals surface area contributed by atoms with Crippen molar-refractivity contribution in [3.8, 4) is 11.5 Å². The summed E-state index contributed by atoms with van der Waals surface area (Å²) in [6, 6.07) is 4.49. The molecule has 23 heavy (non-hydrogen) atoms. The summed E-state index contributed by atoms with van der Waals surface area (Å²) in [6.45, 7) is 2.37. The molecule has 1 aromatic rings. The van der Waals surface area contributed by atoms with Crippen LogP contribution >= 0.6 is 23.4 Å². The van der Waals surface area contributed by atoms with Crippen LogP contribution in [0.15, 0.2) is 12.1 Å². The molecule has 1 saturated carbocycles. The molecule has 4 heteroatoms. The Morgan fingerprint density at radius 2 is 1.70 bits per heavy atom. The molecule has 2 aliphatic rings. The SMILES string of the molecule is COc1cc2c(cc1OC)C(C)(CCCCl)SCC21CCCC1. The first kappa shape index (κ1) is 17.3. The molecule has 128 valence electrons. The lowest BCUT2D eigenvalue weighted by Gasteiger charge is -2.45. The van der Waals surface area contributed by atoms with Crippen molar-refractivity contribution in [2.45, 2.75) is 55.6 Å². The maximum Gasteiger partial charge on any atom is 0.161 e. The number of hydrogen-bond acceptors (Lipinski definition) is 3. The summed E-state index contributed by atoms with van der Waals surface area (Å²) in [6.07, 6.45) is 7.44. The van der Waals surface area contributed by atoms with E-state index < -0.39 is 0 Å². The van der Waals surface area contributed by atoms with Crippen molar-refractivity contribution < 1.29 is 9.47 Å². The van der Waals surface area contributed by atoms with Crippen LogP contribution < -0.4 is 9.47 Å².